The molecule has 26 heavy (non-hydrogen) atoms. The molecule has 0 spiro atoms. The maximum absolute atomic E-state index is 12.1. The lowest BCUT2D eigenvalue weighted by Gasteiger charge is -2.09. The Balaban J connectivity index is 1.58. The summed E-state index contributed by atoms with van der Waals surface area (Å²) in [5, 5.41) is 5.31. The molecular weight excluding hydrogens is 352 g/mol. The fraction of sp³-hybridized carbons (Fsp3) is 0.316. The van der Waals surface area contributed by atoms with Gasteiger partial charge in [-0.05, 0) is 37.6 Å². The van der Waals surface area contributed by atoms with Gasteiger partial charge in [0.15, 0.2) is 9.84 Å². The lowest BCUT2D eigenvalue weighted by molar-refractivity contribution is 0.236. The first-order valence-electron chi connectivity index (χ1n) is 8.46. The number of carbonyl (C=O) groups excluding carboxylic acids is 1. The van der Waals surface area contributed by atoms with Crippen LogP contribution in [0.15, 0.2) is 59.5 Å². The van der Waals surface area contributed by atoms with Crippen molar-refractivity contribution in [2.45, 2.75) is 18.2 Å². The summed E-state index contributed by atoms with van der Waals surface area (Å²) in [7, 11) is -3.30. The summed E-state index contributed by atoms with van der Waals surface area (Å²) in [6.07, 6.45) is 0.352. The van der Waals surface area contributed by atoms with E-state index in [4.69, 9.17) is 4.74 Å². The van der Waals surface area contributed by atoms with E-state index >= 15 is 0 Å². The predicted molar refractivity (Wildman–Crippen MR) is 101 cm³/mol. The molecule has 0 saturated heterocycles. The van der Waals surface area contributed by atoms with E-state index in [2.05, 4.69) is 10.6 Å². The van der Waals surface area contributed by atoms with Gasteiger partial charge in [0.2, 0.25) is 0 Å². The van der Waals surface area contributed by atoms with Crippen molar-refractivity contribution in [2.75, 3.05) is 25.4 Å². The van der Waals surface area contributed by atoms with E-state index in [-0.39, 0.29) is 18.3 Å². The largest absolute Gasteiger partial charge is 0.492 e. The molecule has 7 heteroatoms. The van der Waals surface area contributed by atoms with Gasteiger partial charge in [-0.25, -0.2) is 13.2 Å². The molecule has 0 aliphatic carbocycles. The topological polar surface area (TPSA) is 84.5 Å². The number of sulfone groups is 1. The van der Waals surface area contributed by atoms with Crippen LogP contribution in [-0.4, -0.2) is 39.9 Å². The average molecular weight is 376 g/mol. The molecule has 0 aromatic heterocycles. The Labute approximate surface area is 154 Å². The maximum Gasteiger partial charge on any atom is 0.314 e. The van der Waals surface area contributed by atoms with Crippen molar-refractivity contribution in [1.29, 1.82) is 0 Å². The first-order chi connectivity index (χ1) is 12.5. The summed E-state index contributed by atoms with van der Waals surface area (Å²) in [5.41, 5.74) is 1.16. The predicted octanol–water partition coefficient (Wildman–Crippen LogP) is 2.54. The van der Waals surface area contributed by atoms with Crippen molar-refractivity contribution in [3.63, 3.8) is 0 Å². The molecule has 0 bridgehead atoms. The first kappa shape index (κ1) is 19.8. The molecule has 0 radical (unpaired) electrons. The van der Waals surface area contributed by atoms with Gasteiger partial charge in [-0.3, -0.25) is 0 Å². The molecule has 0 fully saturated rings. The van der Waals surface area contributed by atoms with E-state index in [1.54, 1.807) is 30.3 Å². The van der Waals surface area contributed by atoms with Crippen LogP contribution >= 0.6 is 0 Å². The van der Waals surface area contributed by atoms with Crippen molar-refractivity contribution in [1.82, 2.24) is 10.6 Å². The lowest BCUT2D eigenvalue weighted by Crippen LogP contribution is -2.38. The van der Waals surface area contributed by atoms with Gasteiger partial charge in [0.05, 0.1) is 17.2 Å². The van der Waals surface area contributed by atoms with Crippen molar-refractivity contribution in [3.05, 3.63) is 60.2 Å². The molecule has 2 amide bonds. The molecule has 2 N–H and O–H groups in total. The van der Waals surface area contributed by atoms with Crippen molar-refractivity contribution in [3.8, 4) is 5.75 Å². The number of nitrogens with one attached hydrogen (secondary N) is 2. The van der Waals surface area contributed by atoms with Gasteiger partial charge < -0.3 is 15.4 Å². The van der Waals surface area contributed by atoms with Crippen LogP contribution in [0.2, 0.25) is 0 Å². The molecule has 6 nitrogen and oxygen atoms in total. The first-order valence-corrected chi connectivity index (χ1v) is 10.1. The van der Waals surface area contributed by atoms with Crippen molar-refractivity contribution < 1.29 is 17.9 Å². The third kappa shape index (κ3) is 6.76. The molecule has 0 saturated carbocycles. The van der Waals surface area contributed by atoms with Crippen LogP contribution in [0.1, 0.15) is 12.0 Å². The Morgan fingerprint density at radius 3 is 2.31 bits per heavy atom. The second-order valence-corrected chi connectivity index (χ2v) is 7.94. The minimum atomic E-state index is -3.30. The van der Waals surface area contributed by atoms with Gasteiger partial charge in [-0.15, -0.1) is 0 Å². The minimum Gasteiger partial charge on any atom is -0.492 e. The van der Waals surface area contributed by atoms with Crippen molar-refractivity contribution >= 4 is 15.9 Å². The zero-order valence-electron chi connectivity index (χ0n) is 14.8. The highest BCUT2D eigenvalue weighted by Crippen LogP contribution is 2.11. The molecule has 140 valence electrons. The molecule has 0 atom stereocenters. The zero-order chi connectivity index (χ0) is 18.8. The second kappa shape index (κ2) is 9.82. The number of hydrogen-bond acceptors (Lipinski definition) is 4. The van der Waals surface area contributed by atoms with Crippen LogP contribution in [0.25, 0.3) is 0 Å². The Hall–Kier alpha value is -2.54. The Morgan fingerprint density at radius 1 is 0.962 bits per heavy atom. The Morgan fingerprint density at radius 2 is 1.62 bits per heavy atom. The second-order valence-electron chi connectivity index (χ2n) is 5.83. The highest BCUT2D eigenvalue weighted by atomic mass is 32.2. The molecule has 2 aromatic rings. The fourth-order valence-corrected chi connectivity index (χ4v) is 3.57. The Kier molecular flexibility index (Phi) is 7.47. The monoisotopic (exact) mass is 376 g/mol. The summed E-state index contributed by atoms with van der Waals surface area (Å²) in [6.45, 7) is 3.01. The van der Waals surface area contributed by atoms with Gasteiger partial charge >= 0.3 is 6.03 Å². The standard InChI is InChI=1S/C19H24N2O4S/c1-16-8-10-17(11-9-16)25-14-13-21-19(22)20-12-5-15-26(23,24)18-6-3-2-4-7-18/h2-4,6-11H,5,12-15H2,1H3,(H2,20,21,22). The minimum absolute atomic E-state index is 0.00612. The summed E-state index contributed by atoms with van der Waals surface area (Å²) < 4.78 is 29.7. The number of urea groups is 1. The average Bonchev–Trinajstić information content (AvgIpc) is 2.64. The summed E-state index contributed by atoms with van der Waals surface area (Å²) in [5.74, 6) is 0.748. The van der Waals surface area contributed by atoms with E-state index in [1.807, 2.05) is 31.2 Å². The number of benzene rings is 2. The van der Waals surface area contributed by atoms with Crippen LogP contribution in [-0.2, 0) is 9.84 Å². The normalized spacial score (nSPS) is 11.0. The van der Waals surface area contributed by atoms with Crippen molar-refractivity contribution in [2.24, 2.45) is 0 Å². The maximum atomic E-state index is 12.1. The van der Waals surface area contributed by atoms with Crippen LogP contribution < -0.4 is 15.4 Å². The van der Waals surface area contributed by atoms with Crippen LogP contribution in [0.3, 0.4) is 0 Å². The molecule has 0 aliphatic heterocycles. The SMILES string of the molecule is Cc1ccc(OCCNC(=O)NCCCS(=O)(=O)c2ccccc2)cc1. The fourth-order valence-electron chi connectivity index (χ4n) is 2.24. The quantitative estimate of drug-likeness (QED) is 0.659. The van der Waals surface area contributed by atoms with Gasteiger partial charge in [0, 0.05) is 6.54 Å². The number of carbonyl (C=O) groups is 1. The van der Waals surface area contributed by atoms with Gasteiger partial charge in [-0.2, -0.15) is 0 Å². The third-order valence-corrected chi connectivity index (χ3v) is 5.47. The van der Waals surface area contributed by atoms with Gasteiger partial charge in [-0.1, -0.05) is 35.9 Å². The number of hydrogen-bond donors (Lipinski definition) is 2. The molecule has 0 unspecified atom stereocenters. The number of ether oxygens (including phenoxy) is 1. The highest BCUT2D eigenvalue weighted by Gasteiger charge is 2.13. The van der Waals surface area contributed by atoms with Gasteiger partial charge in [0.1, 0.15) is 12.4 Å². The summed E-state index contributed by atoms with van der Waals surface area (Å²) in [4.78, 5) is 12.0. The number of amides is 2. The molecule has 2 aromatic carbocycles. The molecule has 2 rings (SSSR count). The number of rotatable bonds is 9. The van der Waals surface area contributed by atoms with Gasteiger partial charge in [0.25, 0.3) is 0 Å². The van der Waals surface area contributed by atoms with Crippen LogP contribution in [0, 0.1) is 6.92 Å². The molecule has 0 heterocycles. The number of aryl methyl sites for hydroxylation is 1. The summed E-state index contributed by atoms with van der Waals surface area (Å²) >= 11 is 0. The van der Waals surface area contributed by atoms with E-state index in [1.165, 1.54) is 0 Å². The third-order valence-electron chi connectivity index (χ3n) is 3.66. The molecule has 0 aliphatic rings. The van der Waals surface area contributed by atoms with Crippen LogP contribution in [0.4, 0.5) is 4.79 Å². The van der Waals surface area contributed by atoms with E-state index in [0.29, 0.717) is 24.5 Å². The van der Waals surface area contributed by atoms with E-state index < -0.39 is 9.84 Å². The Bertz CT molecular complexity index is 790. The lowest BCUT2D eigenvalue weighted by atomic mass is 10.2. The zero-order valence-corrected chi connectivity index (χ0v) is 15.6. The smallest absolute Gasteiger partial charge is 0.314 e. The highest BCUT2D eigenvalue weighted by molar-refractivity contribution is 7.91. The van der Waals surface area contributed by atoms with E-state index in [9.17, 15) is 13.2 Å². The molecular formula is C19H24N2O4S. The summed E-state index contributed by atoms with van der Waals surface area (Å²) in [6, 6.07) is 15.6. The van der Waals surface area contributed by atoms with E-state index in [0.717, 1.165) is 11.3 Å². The van der Waals surface area contributed by atoms with Crippen LogP contribution in [0.5, 0.6) is 5.75 Å².